The van der Waals surface area contributed by atoms with Crippen LogP contribution in [0.3, 0.4) is 0 Å². The standard InChI is InChI=1S/C11H15BrN2O2/c1-6(13)11(16)9-4-3-8(12)5-10(9)14-7(2)15/h3-6,11,16H,13H2,1-2H3,(H,14,15). The maximum absolute atomic E-state index is 11.0. The Kier molecular flexibility index (Phi) is 4.46. The van der Waals surface area contributed by atoms with Gasteiger partial charge in [0.1, 0.15) is 0 Å². The van der Waals surface area contributed by atoms with Crippen LogP contribution in [0.5, 0.6) is 0 Å². The first-order valence-electron chi connectivity index (χ1n) is 4.92. The average Bonchev–Trinajstić information content (AvgIpc) is 2.15. The van der Waals surface area contributed by atoms with Gasteiger partial charge in [-0.3, -0.25) is 4.79 Å². The van der Waals surface area contributed by atoms with Gasteiger partial charge in [-0.2, -0.15) is 0 Å². The van der Waals surface area contributed by atoms with E-state index in [1.807, 2.05) is 0 Å². The molecule has 0 aliphatic heterocycles. The van der Waals surface area contributed by atoms with E-state index in [4.69, 9.17) is 5.73 Å². The number of nitrogens with one attached hydrogen (secondary N) is 1. The van der Waals surface area contributed by atoms with Crippen molar-refractivity contribution in [2.75, 3.05) is 5.32 Å². The molecule has 5 heteroatoms. The molecule has 2 atom stereocenters. The number of aliphatic hydroxyl groups is 1. The van der Waals surface area contributed by atoms with Gasteiger partial charge < -0.3 is 16.2 Å². The van der Waals surface area contributed by atoms with Crippen LogP contribution in [0.25, 0.3) is 0 Å². The zero-order valence-corrected chi connectivity index (χ0v) is 10.8. The number of amides is 1. The molecule has 0 radical (unpaired) electrons. The van der Waals surface area contributed by atoms with Gasteiger partial charge in [0.05, 0.1) is 6.10 Å². The Hall–Kier alpha value is -0.910. The largest absolute Gasteiger partial charge is 0.387 e. The number of halogens is 1. The molecule has 4 N–H and O–H groups in total. The second-order valence-corrected chi connectivity index (χ2v) is 4.63. The van der Waals surface area contributed by atoms with E-state index in [2.05, 4.69) is 21.2 Å². The lowest BCUT2D eigenvalue weighted by atomic mass is 10.0. The van der Waals surface area contributed by atoms with Gasteiger partial charge in [-0.25, -0.2) is 0 Å². The van der Waals surface area contributed by atoms with Gasteiger partial charge in [0, 0.05) is 28.7 Å². The normalized spacial score (nSPS) is 14.3. The highest BCUT2D eigenvalue weighted by atomic mass is 79.9. The molecule has 0 aliphatic carbocycles. The van der Waals surface area contributed by atoms with Crippen LogP contribution < -0.4 is 11.1 Å². The maximum atomic E-state index is 11.0. The molecule has 0 fully saturated rings. The van der Waals surface area contributed by atoms with Crippen molar-refractivity contribution in [3.63, 3.8) is 0 Å². The average molecular weight is 287 g/mol. The van der Waals surface area contributed by atoms with Crippen molar-refractivity contribution in [2.45, 2.75) is 26.0 Å². The molecule has 0 saturated heterocycles. The Balaban J connectivity index is 3.11. The fourth-order valence-corrected chi connectivity index (χ4v) is 1.73. The van der Waals surface area contributed by atoms with Crippen LogP contribution in [0.2, 0.25) is 0 Å². The van der Waals surface area contributed by atoms with Crippen molar-refractivity contribution >= 4 is 27.5 Å². The van der Waals surface area contributed by atoms with Gasteiger partial charge in [0.15, 0.2) is 0 Å². The molecule has 0 saturated carbocycles. The molecule has 0 aliphatic rings. The summed E-state index contributed by atoms with van der Waals surface area (Å²) in [6, 6.07) is 4.88. The number of anilines is 1. The highest BCUT2D eigenvalue weighted by molar-refractivity contribution is 9.10. The third-order valence-corrected chi connectivity index (χ3v) is 2.64. The third kappa shape index (κ3) is 3.30. The summed E-state index contributed by atoms with van der Waals surface area (Å²) in [7, 11) is 0. The Morgan fingerprint density at radius 3 is 2.69 bits per heavy atom. The number of rotatable bonds is 3. The number of hydrogen-bond donors (Lipinski definition) is 3. The number of aliphatic hydroxyl groups excluding tert-OH is 1. The maximum Gasteiger partial charge on any atom is 0.221 e. The predicted octanol–water partition coefficient (Wildman–Crippen LogP) is 1.79. The van der Waals surface area contributed by atoms with Crippen molar-refractivity contribution in [1.29, 1.82) is 0 Å². The van der Waals surface area contributed by atoms with Crippen LogP contribution in [-0.4, -0.2) is 17.1 Å². The highest BCUT2D eigenvalue weighted by Gasteiger charge is 2.17. The molecule has 0 spiro atoms. The van der Waals surface area contributed by atoms with Gasteiger partial charge in [-0.1, -0.05) is 22.0 Å². The first-order chi connectivity index (χ1) is 7.41. The predicted molar refractivity (Wildman–Crippen MR) is 67.1 cm³/mol. The molecule has 1 rings (SSSR count). The van der Waals surface area contributed by atoms with Crippen LogP contribution >= 0.6 is 15.9 Å². The summed E-state index contributed by atoms with van der Waals surface area (Å²) in [5.74, 6) is -0.184. The molecule has 0 bridgehead atoms. The summed E-state index contributed by atoms with van der Waals surface area (Å²) >= 11 is 3.31. The van der Waals surface area contributed by atoms with Gasteiger partial charge in [0.2, 0.25) is 5.91 Å². The molecule has 1 aromatic rings. The monoisotopic (exact) mass is 286 g/mol. The van der Waals surface area contributed by atoms with E-state index in [9.17, 15) is 9.90 Å². The lowest BCUT2D eigenvalue weighted by Gasteiger charge is -2.19. The molecule has 0 aromatic heterocycles. The Labute approximate surface area is 103 Å². The van der Waals surface area contributed by atoms with E-state index >= 15 is 0 Å². The van der Waals surface area contributed by atoms with Gasteiger partial charge in [0.25, 0.3) is 0 Å². The summed E-state index contributed by atoms with van der Waals surface area (Å²) in [5.41, 5.74) is 6.83. The van der Waals surface area contributed by atoms with Gasteiger partial charge >= 0.3 is 0 Å². The molecule has 16 heavy (non-hydrogen) atoms. The van der Waals surface area contributed by atoms with Crippen LogP contribution in [0.1, 0.15) is 25.5 Å². The highest BCUT2D eigenvalue weighted by Crippen LogP contribution is 2.28. The van der Waals surface area contributed by atoms with Crippen molar-refractivity contribution in [3.8, 4) is 0 Å². The fraction of sp³-hybridized carbons (Fsp3) is 0.364. The molecule has 2 unspecified atom stereocenters. The van der Waals surface area contributed by atoms with Crippen LogP contribution in [0, 0.1) is 0 Å². The van der Waals surface area contributed by atoms with Crippen LogP contribution in [0.15, 0.2) is 22.7 Å². The number of nitrogens with two attached hydrogens (primary N) is 1. The first-order valence-corrected chi connectivity index (χ1v) is 5.72. The molecule has 4 nitrogen and oxygen atoms in total. The molecular formula is C11H15BrN2O2. The minimum absolute atomic E-state index is 0.184. The van der Waals surface area contributed by atoms with Crippen molar-refractivity contribution in [3.05, 3.63) is 28.2 Å². The number of hydrogen-bond acceptors (Lipinski definition) is 3. The summed E-state index contributed by atoms with van der Waals surface area (Å²) in [5, 5.41) is 12.6. The van der Waals surface area contributed by atoms with Crippen LogP contribution in [-0.2, 0) is 4.79 Å². The molecule has 1 aromatic carbocycles. The molecule has 88 valence electrons. The topological polar surface area (TPSA) is 75.3 Å². The van der Waals surface area contributed by atoms with Crippen LogP contribution in [0.4, 0.5) is 5.69 Å². The number of carbonyl (C=O) groups excluding carboxylic acids is 1. The Morgan fingerprint density at radius 1 is 1.56 bits per heavy atom. The van der Waals surface area contributed by atoms with Crippen molar-refractivity contribution < 1.29 is 9.90 Å². The SMILES string of the molecule is CC(=O)Nc1cc(Br)ccc1C(O)C(C)N. The quantitative estimate of drug-likeness (QED) is 0.793. The second-order valence-electron chi connectivity index (χ2n) is 3.72. The van der Waals surface area contributed by atoms with Gasteiger partial charge in [-0.05, 0) is 19.1 Å². The lowest BCUT2D eigenvalue weighted by molar-refractivity contribution is -0.114. The zero-order chi connectivity index (χ0) is 12.3. The summed E-state index contributed by atoms with van der Waals surface area (Å²) in [4.78, 5) is 11.0. The lowest BCUT2D eigenvalue weighted by Crippen LogP contribution is -2.25. The zero-order valence-electron chi connectivity index (χ0n) is 9.20. The van der Waals surface area contributed by atoms with E-state index in [1.165, 1.54) is 6.92 Å². The van der Waals surface area contributed by atoms with E-state index in [-0.39, 0.29) is 5.91 Å². The minimum Gasteiger partial charge on any atom is -0.387 e. The minimum atomic E-state index is -0.796. The number of benzene rings is 1. The van der Waals surface area contributed by atoms with Crippen molar-refractivity contribution in [2.24, 2.45) is 5.73 Å². The second kappa shape index (κ2) is 5.43. The summed E-state index contributed by atoms with van der Waals surface area (Å²) in [6.45, 7) is 3.13. The van der Waals surface area contributed by atoms with E-state index in [0.717, 1.165) is 4.47 Å². The van der Waals surface area contributed by atoms with Gasteiger partial charge in [-0.15, -0.1) is 0 Å². The fourth-order valence-electron chi connectivity index (χ4n) is 1.37. The third-order valence-electron chi connectivity index (χ3n) is 2.14. The van der Waals surface area contributed by atoms with E-state index < -0.39 is 12.1 Å². The van der Waals surface area contributed by atoms with E-state index in [0.29, 0.717) is 11.3 Å². The summed E-state index contributed by atoms with van der Waals surface area (Å²) in [6.07, 6.45) is -0.796. The Morgan fingerprint density at radius 2 is 2.19 bits per heavy atom. The summed E-state index contributed by atoms with van der Waals surface area (Å²) < 4.78 is 0.830. The first kappa shape index (κ1) is 13.2. The van der Waals surface area contributed by atoms with Crippen molar-refractivity contribution in [1.82, 2.24) is 0 Å². The number of carbonyl (C=O) groups is 1. The molecular weight excluding hydrogens is 272 g/mol. The molecule has 0 heterocycles. The van der Waals surface area contributed by atoms with E-state index in [1.54, 1.807) is 25.1 Å². The smallest absolute Gasteiger partial charge is 0.221 e. The molecule has 1 amide bonds. The Bertz CT molecular complexity index is 394.